The van der Waals surface area contributed by atoms with Gasteiger partial charge in [-0.25, -0.2) is 14.6 Å². The van der Waals surface area contributed by atoms with Crippen LogP contribution in [0.5, 0.6) is 5.75 Å². The zero-order valence-corrected chi connectivity index (χ0v) is 16.8. The number of carbonyl (C=O) groups is 2. The minimum atomic E-state index is -0.738. The van der Waals surface area contributed by atoms with Crippen molar-refractivity contribution in [2.45, 2.75) is 6.92 Å². The Morgan fingerprint density at radius 1 is 1.06 bits per heavy atom. The molecule has 8 heteroatoms. The highest BCUT2D eigenvalue weighted by Crippen LogP contribution is 2.22. The largest absolute Gasteiger partial charge is 0.423 e. The van der Waals surface area contributed by atoms with Gasteiger partial charge in [0, 0.05) is 17.7 Å². The van der Waals surface area contributed by atoms with Crippen LogP contribution < -0.4 is 4.74 Å². The summed E-state index contributed by atoms with van der Waals surface area (Å²) in [6.07, 6.45) is 1.52. The number of esters is 2. The lowest BCUT2D eigenvalue weighted by Crippen LogP contribution is -2.08. The zero-order valence-electron chi connectivity index (χ0n) is 16.8. The summed E-state index contributed by atoms with van der Waals surface area (Å²) in [6, 6.07) is 19.2. The molecule has 0 saturated carbocycles. The Kier molecular flexibility index (Phi) is 5.59. The number of aliphatic imine (C=N–C) groups is 1. The van der Waals surface area contributed by atoms with Crippen molar-refractivity contribution in [1.29, 1.82) is 0 Å². The summed E-state index contributed by atoms with van der Waals surface area (Å²) in [7, 11) is 0. The minimum absolute atomic E-state index is 0.0506. The Morgan fingerprint density at radius 3 is 2.56 bits per heavy atom. The number of nitro benzene ring substituents is 1. The maximum absolute atomic E-state index is 12.4. The van der Waals surface area contributed by atoms with E-state index in [1.165, 1.54) is 24.3 Å². The molecule has 0 aromatic heterocycles. The van der Waals surface area contributed by atoms with Crippen molar-refractivity contribution in [3.63, 3.8) is 0 Å². The van der Waals surface area contributed by atoms with E-state index in [1.54, 1.807) is 24.3 Å². The predicted molar refractivity (Wildman–Crippen MR) is 116 cm³/mol. The number of nitro groups is 1. The molecule has 0 spiro atoms. The number of ether oxygens (including phenoxy) is 2. The maximum Gasteiger partial charge on any atom is 0.363 e. The fourth-order valence-electron chi connectivity index (χ4n) is 2.97. The normalized spacial score (nSPS) is 14.1. The third kappa shape index (κ3) is 4.59. The molecule has 0 saturated heterocycles. The molecule has 1 aliphatic heterocycles. The van der Waals surface area contributed by atoms with Crippen LogP contribution in [0, 0.1) is 17.0 Å². The molecule has 3 aromatic carbocycles. The minimum Gasteiger partial charge on any atom is -0.423 e. The average Bonchev–Trinajstić information content (AvgIpc) is 3.14. The summed E-state index contributed by atoms with van der Waals surface area (Å²) in [5.74, 6) is -0.891. The van der Waals surface area contributed by atoms with Crippen LogP contribution >= 0.6 is 0 Å². The van der Waals surface area contributed by atoms with Crippen molar-refractivity contribution in [2.24, 2.45) is 4.99 Å². The summed E-state index contributed by atoms with van der Waals surface area (Å²) in [5, 5.41) is 10.9. The second-order valence-corrected chi connectivity index (χ2v) is 6.97. The molecule has 4 rings (SSSR count). The first-order chi connectivity index (χ1) is 15.4. The van der Waals surface area contributed by atoms with Crippen LogP contribution in [-0.2, 0) is 9.53 Å². The van der Waals surface area contributed by atoms with E-state index in [-0.39, 0.29) is 28.6 Å². The highest BCUT2D eigenvalue weighted by atomic mass is 16.6. The van der Waals surface area contributed by atoms with Crippen molar-refractivity contribution in [3.8, 4) is 5.75 Å². The number of nitrogens with zero attached hydrogens (tertiary/aromatic N) is 2. The molecule has 1 heterocycles. The number of cyclic esters (lactones) is 1. The summed E-state index contributed by atoms with van der Waals surface area (Å²) in [4.78, 5) is 39.2. The number of carbonyl (C=O) groups excluding carboxylic acids is 2. The summed E-state index contributed by atoms with van der Waals surface area (Å²) >= 11 is 0. The SMILES string of the molecule is Cc1ccc(C2=N/C(=C/c3cccc(OC(=O)c4cccc([N+](=O)[O-])c4)c3)C(=O)O2)cc1. The van der Waals surface area contributed by atoms with Crippen LogP contribution in [0.2, 0.25) is 0 Å². The van der Waals surface area contributed by atoms with Crippen LogP contribution in [-0.4, -0.2) is 22.8 Å². The Labute approximate surface area is 182 Å². The van der Waals surface area contributed by atoms with Crippen LogP contribution in [0.1, 0.15) is 27.0 Å². The van der Waals surface area contributed by atoms with Crippen molar-refractivity contribution in [1.82, 2.24) is 0 Å². The molecule has 0 unspecified atom stereocenters. The van der Waals surface area contributed by atoms with Gasteiger partial charge in [0.1, 0.15) is 5.75 Å². The summed E-state index contributed by atoms with van der Waals surface area (Å²) in [6.45, 7) is 1.95. The molecule has 32 heavy (non-hydrogen) atoms. The van der Waals surface area contributed by atoms with Gasteiger partial charge in [-0.1, -0.05) is 35.9 Å². The van der Waals surface area contributed by atoms with E-state index in [2.05, 4.69) is 4.99 Å². The van der Waals surface area contributed by atoms with Gasteiger partial charge in [-0.15, -0.1) is 0 Å². The molecule has 158 valence electrons. The predicted octanol–water partition coefficient (Wildman–Crippen LogP) is 4.47. The van der Waals surface area contributed by atoms with Crippen molar-refractivity contribution in [2.75, 3.05) is 0 Å². The Hall–Kier alpha value is -4.59. The van der Waals surface area contributed by atoms with E-state index in [9.17, 15) is 19.7 Å². The van der Waals surface area contributed by atoms with Crippen molar-refractivity contribution < 1.29 is 24.0 Å². The molecule has 0 radical (unpaired) electrons. The van der Waals surface area contributed by atoms with Gasteiger partial charge in [-0.3, -0.25) is 10.1 Å². The highest BCUT2D eigenvalue weighted by Gasteiger charge is 2.24. The molecular weight excluding hydrogens is 412 g/mol. The third-order valence-electron chi connectivity index (χ3n) is 4.58. The van der Waals surface area contributed by atoms with Gasteiger partial charge < -0.3 is 9.47 Å². The number of aryl methyl sites for hydroxylation is 1. The third-order valence-corrected chi connectivity index (χ3v) is 4.58. The molecule has 0 fully saturated rings. The molecule has 0 amide bonds. The van der Waals surface area contributed by atoms with Gasteiger partial charge in [0.05, 0.1) is 10.5 Å². The molecular formula is C24H16N2O6. The lowest BCUT2D eigenvalue weighted by atomic mass is 10.1. The van der Waals surface area contributed by atoms with E-state index < -0.39 is 16.9 Å². The van der Waals surface area contributed by atoms with E-state index >= 15 is 0 Å². The first-order valence-electron chi connectivity index (χ1n) is 9.55. The molecule has 3 aromatic rings. The van der Waals surface area contributed by atoms with Crippen molar-refractivity contribution >= 4 is 29.6 Å². The lowest BCUT2D eigenvalue weighted by molar-refractivity contribution is -0.384. The van der Waals surface area contributed by atoms with Crippen LogP contribution in [0.25, 0.3) is 6.08 Å². The van der Waals surface area contributed by atoms with Gasteiger partial charge in [-0.2, -0.15) is 0 Å². The molecule has 0 aliphatic carbocycles. The number of benzene rings is 3. The van der Waals surface area contributed by atoms with Gasteiger partial charge in [-0.05, 0) is 48.9 Å². The first kappa shape index (κ1) is 20.7. The smallest absolute Gasteiger partial charge is 0.363 e. The van der Waals surface area contributed by atoms with Gasteiger partial charge in [0.15, 0.2) is 5.70 Å². The zero-order chi connectivity index (χ0) is 22.7. The Bertz CT molecular complexity index is 1290. The maximum atomic E-state index is 12.4. The molecule has 0 bridgehead atoms. The molecule has 8 nitrogen and oxygen atoms in total. The van der Waals surface area contributed by atoms with Crippen LogP contribution in [0.15, 0.2) is 83.5 Å². The monoisotopic (exact) mass is 428 g/mol. The van der Waals surface area contributed by atoms with E-state index in [0.29, 0.717) is 11.1 Å². The van der Waals surface area contributed by atoms with Crippen LogP contribution in [0.3, 0.4) is 0 Å². The average molecular weight is 428 g/mol. The van der Waals surface area contributed by atoms with E-state index in [1.807, 2.05) is 31.2 Å². The standard InChI is InChI=1S/C24H16N2O6/c1-15-8-10-17(11-9-15)22-25-21(24(28)32-22)13-16-4-2-7-20(12-16)31-23(27)18-5-3-6-19(14-18)26(29)30/h2-14H,1H3/b21-13+. The second-order valence-electron chi connectivity index (χ2n) is 6.97. The number of non-ortho nitro benzene ring substituents is 1. The van der Waals surface area contributed by atoms with Crippen LogP contribution in [0.4, 0.5) is 5.69 Å². The first-order valence-corrected chi connectivity index (χ1v) is 9.55. The van der Waals surface area contributed by atoms with Gasteiger partial charge in [0.2, 0.25) is 5.90 Å². The number of rotatable bonds is 5. The number of hydrogen-bond donors (Lipinski definition) is 0. The fraction of sp³-hybridized carbons (Fsp3) is 0.0417. The topological polar surface area (TPSA) is 108 Å². The molecule has 0 N–H and O–H groups in total. The Balaban J connectivity index is 1.54. The van der Waals surface area contributed by atoms with Crippen molar-refractivity contribution in [3.05, 3.63) is 111 Å². The van der Waals surface area contributed by atoms with E-state index in [4.69, 9.17) is 9.47 Å². The fourth-order valence-corrected chi connectivity index (χ4v) is 2.97. The van der Waals surface area contributed by atoms with Gasteiger partial charge in [0.25, 0.3) is 5.69 Å². The second kappa shape index (κ2) is 8.65. The Morgan fingerprint density at radius 2 is 1.81 bits per heavy atom. The summed E-state index contributed by atoms with van der Waals surface area (Å²) in [5.41, 5.74) is 2.28. The molecule has 1 aliphatic rings. The molecule has 0 atom stereocenters. The lowest BCUT2D eigenvalue weighted by Gasteiger charge is -2.05. The summed E-state index contributed by atoms with van der Waals surface area (Å²) < 4.78 is 10.6. The van der Waals surface area contributed by atoms with Gasteiger partial charge >= 0.3 is 11.9 Å². The van der Waals surface area contributed by atoms with E-state index in [0.717, 1.165) is 11.6 Å². The quantitative estimate of drug-likeness (QED) is 0.195. The number of hydrogen-bond acceptors (Lipinski definition) is 7. The highest BCUT2D eigenvalue weighted by molar-refractivity contribution is 6.12.